The first-order chi connectivity index (χ1) is 9.77. The van der Waals surface area contributed by atoms with Crippen molar-refractivity contribution >= 4 is 5.78 Å². The topological polar surface area (TPSA) is 17.1 Å². The molecular formula is C19H36O. The van der Waals surface area contributed by atoms with Crippen LogP contribution in [0.25, 0.3) is 0 Å². The molecule has 0 fully saturated rings. The second-order valence-electron chi connectivity index (χ2n) is 6.04. The van der Waals surface area contributed by atoms with E-state index in [1.54, 1.807) is 6.92 Å². The lowest BCUT2D eigenvalue weighted by Crippen LogP contribution is -1.89. The monoisotopic (exact) mass is 280 g/mol. The Kier molecular flexibility index (Phi) is 16.0. The van der Waals surface area contributed by atoms with Gasteiger partial charge < -0.3 is 4.79 Å². The first-order valence-electron chi connectivity index (χ1n) is 8.91. The predicted octanol–water partition coefficient (Wildman–Crippen LogP) is 6.61. The summed E-state index contributed by atoms with van der Waals surface area (Å²) in [5.41, 5.74) is 0. The van der Waals surface area contributed by atoms with Gasteiger partial charge in [0.2, 0.25) is 0 Å². The highest BCUT2D eigenvalue weighted by atomic mass is 16.1. The van der Waals surface area contributed by atoms with Gasteiger partial charge in [-0.2, -0.15) is 0 Å². The maximum absolute atomic E-state index is 10.8. The second-order valence-corrected chi connectivity index (χ2v) is 6.04. The Morgan fingerprint density at radius 1 is 0.700 bits per heavy atom. The van der Waals surface area contributed by atoms with Crippen molar-refractivity contribution in [2.75, 3.05) is 0 Å². The van der Waals surface area contributed by atoms with Gasteiger partial charge in [-0.15, -0.1) is 0 Å². The Morgan fingerprint density at radius 3 is 1.65 bits per heavy atom. The van der Waals surface area contributed by atoms with E-state index in [0.717, 1.165) is 12.8 Å². The minimum Gasteiger partial charge on any atom is -0.300 e. The molecule has 0 radical (unpaired) electrons. The molecule has 0 aromatic carbocycles. The highest BCUT2D eigenvalue weighted by Crippen LogP contribution is 2.10. The van der Waals surface area contributed by atoms with Gasteiger partial charge in [-0.05, 0) is 39.0 Å². The number of carbonyl (C=O) groups excluding carboxylic acids is 1. The second kappa shape index (κ2) is 16.5. The average Bonchev–Trinajstić information content (AvgIpc) is 2.43. The minimum absolute atomic E-state index is 0.339. The summed E-state index contributed by atoms with van der Waals surface area (Å²) < 4.78 is 0. The van der Waals surface area contributed by atoms with E-state index in [1.807, 2.05) is 0 Å². The van der Waals surface area contributed by atoms with Crippen LogP contribution in [0, 0.1) is 0 Å². The smallest absolute Gasteiger partial charge is 0.129 e. The molecular weight excluding hydrogens is 244 g/mol. The van der Waals surface area contributed by atoms with Gasteiger partial charge >= 0.3 is 0 Å². The number of unbranched alkanes of at least 4 members (excludes halogenated alkanes) is 11. The average molecular weight is 280 g/mol. The molecule has 1 nitrogen and oxygen atoms in total. The molecule has 0 saturated carbocycles. The molecule has 0 aliphatic heterocycles. The quantitative estimate of drug-likeness (QED) is 0.243. The zero-order chi connectivity index (χ0) is 14.9. The van der Waals surface area contributed by atoms with E-state index >= 15 is 0 Å². The van der Waals surface area contributed by atoms with Gasteiger partial charge in [0.15, 0.2) is 0 Å². The van der Waals surface area contributed by atoms with Crippen LogP contribution in [0.5, 0.6) is 0 Å². The molecule has 0 spiro atoms. The van der Waals surface area contributed by atoms with E-state index in [2.05, 4.69) is 19.1 Å². The maximum atomic E-state index is 10.8. The van der Waals surface area contributed by atoms with Crippen LogP contribution < -0.4 is 0 Å². The summed E-state index contributed by atoms with van der Waals surface area (Å²) in [6.07, 6.45) is 22.6. The molecule has 0 N–H and O–H groups in total. The van der Waals surface area contributed by atoms with E-state index in [-0.39, 0.29) is 0 Å². The van der Waals surface area contributed by atoms with Gasteiger partial charge in [0, 0.05) is 6.42 Å². The summed E-state index contributed by atoms with van der Waals surface area (Å²) in [4.78, 5) is 10.8. The van der Waals surface area contributed by atoms with E-state index in [1.165, 1.54) is 77.0 Å². The zero-order valence-electron chi connectivity index (χ0n) is 14.0. The molecule has 0 atom stereocenters. The van der Waals surface area contributed by atoms with Crippen molar-refractivity contribution in [3.63, 3.8) is 0 Å². The molecule has 0 bridgehead atoms. The van der Waals surface area contributed by atoms with Crippen molar-refractivity contribution in [1.29, 1.82) is 0 Å². The highest BCUT2D eigenvalue weighted by molar-refractivity contribution is 5.75. The Labute approximate surface area is 127 Å². The lowest BCUT2D eigenvalue weighted by atomic mass is 10.1. The van der Waals surface area contributed by atoms with Gasteiger partial charge in [-0.25, -0.2) is 0 Å². The molecule has 0 heterocycles. The van der Waals surface area contributed by atoms with Crippen LogP contribution >= 0.6 is 0 Å². The molecule has 0 aromatic rings. The van der Waals surface area contributed by atoms with Crippen molar-refractivity contribution < 1.29 is 4.79 Å². The third-order valence-electron chi connectivity index (χ3n) is 3.79. The third-order valence-corrected chi connectivity index (χ3v) is 3.79. The van der Waals surface area contributed by atoms with Crippen LogP contribution in [0.3, 0.4) is 0 Å². The minimum atomic E-state index is 0.339. The normalized spacial score (nSPS) is 11.3. The van der Waals surface area contributed by atoms with Gasteiger partial charge in [-0.1, -0.05) is 70.4 Å². The first kappa shape index (κ1) is 19.4. The molecule has 118 valence electrons. The predicted molar refractivity (Wildman–Crippen MR) is 90.1 cm³/mol. The fourth-order valence-corrected chi connectivity index (χ4v) is 2.44. The van der Waals surface area contributed by atoms with Crippen LogP contribution in [0.1, 0.15) is 104 Å². The number of hydrogen-bond donors (Lipinski definition) is 0. The summed E-state index contributed by atoms with van der Waals surface area (Å²) in [5.74, 6) is 0.339. The molecule has 0 rings (SSSR count). The number of ketones is 1. The number of hydrogen-bond acceptors (Lipinski definition) is 1. The molecule has 0 aliphatic rings. The van der Waals surface area contributed by atoms with Gasteiger partial charge in [0.25, 0.3) is 0 Å². The van der Waals surface area contributed by atoms with Gasteiger partial charge in [-0.3, -0.25) is 0 Å². The number of allylic oxidation sites excluding steroid dienone is 2. The number of Topliss-reactive ketones (excluding diaryl/α,β-unsaturated/α-hetero) is 1. The Morgan fingerprint density at radius 2 is 1.15 bits per heavy atom. The van der Waals surface area contributed by atoms with Crippen molar-refractivity contribution in [1.82, 2.24) is 0 Å². The van der Waals surface area contributed by atoms with Crippen LogP contribution in [-0.2, 0) is 4.79 Å². The van der Waals surface area contributed by atoms with E-state index in [9.17, 15) is 4.79 Å². The molecule has 0 unspecified atom stereocenters. The van der Waals surface area contributed by atoms with E-state index in [4.69, 9.17) is 0 Å². The molecule has 0 aromatic heterocycles. The van der Waals surface area contributed by atoms with Crippen molar-refractivity contribution in [2.24, 2.45) is 0 Å². The summed E-state index contributed by atoms with van der Waals surface area (Å²) in [6.45, 7) is 3.95. The molecule has 20 heavy (non-hydrogen) atoms. The standard InChI is InChI=1S/C19H36O/c1-3-4-5-6-7-8-9-10-11-12-13-14-15-16-17-18-19(2)20/h8-9H,3-7,10-18H2,1-2H3/b9-8-. The first-order valence-corrected chi connectivity index (χ1v) is 8.91. The van der Waals surface area contributed by atoms with Crippen molar-refractivity contribution in [3.8, 4) is 0 Å². The van der Waals surface area contributed by atoms with Crippen LogP contribution in [-0.4, -0.2) is 5.78 Å². The zero-order valence-corrected chi connectivity index (χ0v) is 14.0. The third kappa shape index (κ3) is 17.4. The van der Waals surface area contributed by atoms with E-state index in [0.29, 0.717) is 5.78 Å². The summed E-state index contributed by atoms with van der Waals surface area (Å²) >= 11 is 0. The van der Waals surface area contributed by atoms with Gasteiger partial charge in [0.05, 0.1) is 0 Å². The van der Waals surface area contributed by atoms with Crippen molar-refractivity contribution in [3.05, 3.63) is 12.2 Å². The SMILES string of the molecule is CCCCCC/C=C\CCCCCCCCCC(C)=O. The van der Waals surface area contributed by atoms with Crippen LogP contribution in [0.4, 0.5) is 0 Å². The Bertz CT molecular complexity index is 230. The van der Waals surface area contributed by atoms with Crippen LogP contribution in [0.15, 0.2) is 12.2 Å². The molecule has 1 heteroatoms. The Hall–Kier alpha value is -0.590. The largest absolute Gasteiger partial charge is 0.300 e. The van der Waals surface area contributed by atoms with Crippen molar-refractivity contribution in [2.45, 2.75) is 104 Å². The number of rotatable bonds is 15. The summed E-state index contributed by atoms with van der Waals surface area (Å²) in [7, 11) is 0. The van der Waals surface area contributed by atoms with Crippen LogP contribution in [0.2, 0.25) is 0 Å². The van der Waals surface area contributed by atoms with Gasteiger partial charge in [0.1, 0.15) is 5.78 Å². The molecule has 0 amide bonds. The Balaban J connectivity index is 3.05. The fraction of sp³-hybridized carbons (Fsp3) is 0.842. The lowest BCUT2D eigenvalue weighted by molar-refractivity contribution is -0.117. The van der Waals surface area contributed by atoms with E-state index < -0.39 is 0 Å². The molecule has 0 saturated heterocycles. The summed E-state index contributed by atoms with van der Waals surface area (Å²) in [6, 6.07) is 0. The lowest BCUT2D eigenvalue weighted by Gasteiger charge is -2.00. The fourth-order valence-electron chi connectivity index (χ4n) is 2.44. The highest BCUT2D eigenvalue weighted by Gasteiger charge is 1.94. The molecule has 0 aliphatic carbocycles. The number of carbonyl (C=O) groups is 1. The maximum Gasteiger partial charge on any atom is 0.129 e. The summed E-state index contributed by atoms with van der Waals surface area (Å²) in [5, 5.41) is 0.